The van der Waals surface area contributed by atoms with Crippen molar-refractivity contribution in [3.8, 4) is 6.07 Å². The van der Waals surface area contributed by atoms with Crippen LogP contribution in [-0.2, 0) is 4.79 Å². The number of carbonyl (C=O) groups excluding carboxylic acids is 1. The molecule has 0 saturated heterocycles. The monoisotopic (exact) mass is 248 g/mol. The van der Waals surface area contributed by atoms with E-state index >= 15 is 0 Å². The van der Waals surface area contributed by atoms with Crippen LogP contribution in [0.2, 0.25) is 0 Å². The van der Waals surface area contributed by atoms with Gasteiger partial charge in [-0.15, -0.1) is 0 Å². The van der Waals surface area contributed by atoms with E-state index in [1.54, 1.807) is 0 Å². The Labute approximate surface area is 110 Å². The Morgan fingerprint density at radius 3 is 2.22 bits per heavy atom. The van der Waals surface area contributed by atoms with E-state index in [0.29, 0.717) is 11.8 Å². The number of carbonyl (C=O) groups is 1. The molecule has 0 radical (unpaired) electrons. The second-order valence-corrected chi connectivity index (χ2v) is 6.49. The fraction of sp³-hybridized carbons (Fsp3) is 0.867. The Balaban J connectivity index is 1.96. The summed E-state index contributed by atoms with van der Waals surface area (Å²) >= 11 is 0. The zero-order chi connectivity index (χ0) is 13.2. The molecule has 2 atom stereocenters. The third kappa shape index (κ3) is 2.68. The lowest BCUT2D eigenvalue weighted by Gasteiger charge is -2.33. The Hall–Kier alpha value is -1.04. The van der Waals surface area contributed by atoms with E-state index in [9.17, 15) is 10.1 Å². The number of nitrogens with zero attached hydrogens (tertiary/aromatic N) is 1. The SMILES string of the molecule is CC1CC(C)CC(NC(=O)C2(C#N)CCCC2)C1. The number of hydrogen-bond acceptors (Lipinski definition) is 2. The van der Waals surface area contributed by atoms with Crippen molar-refractivity contribution < 1.29 is 4.79 Å². The third-order valence-electron chi connectivity index (χ3n) is 4.62. The molecule has 0 spiro atoms. The lowest BCUT2D eigenvalue weighted by Crippen LogP contribution is -2.46. The van der Waals surface area contributed by atoms with E-state index in [4.69, 9.17) is 0 Å². The van der Waals surface area contributed by atoms with Gasteiger partial charge in [0.05, 0.1) is 6.07 Å². The summed E-state index contributed by atoms with van der Waals surface area (Å²) in [6.45, 7) is 4.51. The molecule has 1 amide bonds. The maximum absolute atomic E-state index is 12.3. The molecule has 0 aromatic heterocycles. The zero-order valence-electron chi connectivity index (χ0n) is 11.5. The van der Waals surface area contributed by atoms with Gasteiger partial charge >= 0.3 is 0 Å². The van der Waals surface area contributed by atoms with Gasteiger partial charge in [0.1, 0.15) is 5.41 Å². The minimum absolute atomic E-state index is 0.00574. The van der Waals surface area contributed by atoms with Crippen molar-refractivity contribution in [2.24, 2.45) is 17.3 Å². The minimum atomic E-state index is -0.718. The van der Waals surface area contributed by atoms with Crippen LogP contribution in [-0.4, -0.2) is 11.9 Å². The van der Waals surface area contributed by atoms with Crippen molar-refractivity contribution in [1.29, 1.82) is 5.26 Å². The zero-order valence-corrected chi connectivity index (χ0v) is 11.5. The molecule has 100 valence electrons. The summed E-state index contributed by atoms with van der Waals surface area (Å²) in [6, 6.07) is 2.56. The van der Waals surface area contributed by atoms with E-state index in [1.165, 1.54) is 6.42 Å². The molecule has 3 heteroatoms. The van der Waals surface area contributed by atoms with Gasteiger partial charge in [0.2, 0.25) is 5.91 Å². The Bertz CT molecular complexity index is 342. The number of rotatable bonds is 2. The Kier molecular flexibility index (Phi) is 3.94. The maximum atomic E-state index is 12.3. The molecule has 2 aliphatic carbocycles. The number of hydrogen-bond donors (Lipinski definition) is 1. The van der Waals surface area contributed by atoms with Crippen LogP contribution in [0, 0.1) is 28.6 Å². The molecular formula is C15H24N2O. The summed E-state index contributed by atoms with van der Waals surface area (Å²) in [5, 5.41) is 12.5. The first-order valence-electron chi connectivity index (χ1n) is 7.28. The quantitative estimate of drug-likeness (QED) is 0.816. The van der Waals surface area contributed by atoms with Gasteiger partial charge in [0.15, 0.2) is 0 Å². The molecule has 0 aromatic rings. The maximum Gasteiger partial charge on any atom is 0.240 e. The van der Waals surface area contributed by atoms with E-state index < -0.39 is 5.41 Å². The highest BCUT2D eigenvalue weighted by molar-refractivity contribution is 5.86. The Morgan fingerprint density at radius 1 is 1.17 bits per heavy atom. The number of nitrogens with one attached hydrogen (secondary N) is 1. The lowest BCUT2D eigenvalue weighted by atomic mass is 9.79. The predicted molar refractivity (Wildman–Crippen MR) is 70.6 cm³/mol. The molecule has 3 nitrogen and oxygen atoms in total. The summed E-state index contributed by atoms with van der Waals surface area (Å²) in [4.78, 5) is 12.3. The summed E-state index contributed by atoms with van der Waals surface area (Å²) in [6.07, 6.45) is 6.90. The van der Waals surface area contributed by atoms with Crippen LogP contribution in [0.5, 0.6) is 0 Å². The average molecular weight is 248 g/mol. The molecule has 0 aliphatic heterocycles. The van der Waals surface area contributed by atoms with Gasteiger partial charge < -0.3 is 5.32 Å². The fourth-order valence-corrected chi connectivity index (χ4v) is 3.76. The summed E-state index contributed by atoms with van der Waals surface area (Å²) < 4.78 is 0. The van der Waals surface area contributed by atoms with E-state index in [0.717, 1.165) is 38.5 Å². The second-order valence-electron chi connectivity index (χ2n) is 6.49. The van der Waals surface area contributed by atoms with Crippen LogP contribution in [0.3, 0.4) is 0 Å². The van der Waals surface area contributed by atoms with Crippen LogP contribution in [0.4, 0.5) is 0 Å². The van der Waals surface area contributed by atoms with Gasteiger partial charge in [-0.3, -0.25) is 4.79 Å². The van der Waals surface area contributed by atoms with Crippen LogP contribution in [0.25, 0.3) is 0 Å². The highest BCUT2D eigenvalue weighted by Crippen LogP contribution is 2.38. The van der Waals surface area contributed by atoms with Crippen LogP contribution < -0.4 is 5.32 Å². The highest BCUT2D eigenvalue weighted by atomic mass is 16.2. The normalized spacial score (nSPS) is 34.8. The molecule has 2 unspecified atom stereocenters. The Morgan fingerprint density at radius 2 is 1.72 bits per heavy atom. The van der Waals surface area contributed by atoms with Gasteiger partial charge in [0, 0.05) is 6.04 Å². The van der Waals surface area contributed by atoms with Crippen LogP contribution in [0.15, 0.2) is 0 Å². The molecule has 18 heavy (non-hydrogen) atoms. The van der Waals surface area contributed by atoms with Crippen molar-refractivity contribution in [2.75, 3.05) is 0 Å². The molecular weight excluding hydrogens is 224 g/mol. The fourth-order valence-electron chi connectivity index (χ4n) is 3.76. The van der Waals surface area contributed by atoms with E-state index in [-0.39, 0.29) is 11.9 Å². The van der Waals surface area contributed by atoms with Crippen LogP contribution in [0.1, 0.15) is 58.8 Å². The molecule has 2 fully saturated rings. The van der Waals surface area contributed by atoms with Gasteiger partial charge in [-0.2, -0.15) is 5.26 Å². The van der Waals surface area contributed by atoms with Crippen molar-refractivity contribution in [3.63, 3.8) is 0 Å². The third-order valence-corrected chi connectivity index (χ3v) is 4.62. The molecule has 0 heterocycles. The number of amides is 1. The topological polar surface area (TPSA) is 52.9 Å². The van der Waals surface area contributed by atoms with Gasteiger partial charge in [-0.25, -0.2) is 0 Å². The van der Waals surface area contributed by atoms with Gasteiger partial charge in [-0.05, 0) is 43.9 Å². The molecule has 2 saturated carbocycles. The predicted octanol–water partition coefficient (Wildman–Crippen LogP) is 3.01. The van der Waals surface area contributed by atoms with E-state index in [1.807, 2.05) is 0 Å². The largest absolute Gasteiger partial charge is 0.352 e. The summed E-state index contributed by atoms with van der Waals surface area (Å²) in [5.74, 6) is 1.36. The van der Waals surface area contributed by atoms with Crippen molar-refractivity contribution in [1.82, 2.24) is 5.32 Å². The first-order valence-corrected chi connectivity index (χ1v) is 7.28. The molecule has 1 N–H and O–H groups in total. The van der Waals surface area contributed by atoms with Crippen molar-refractivity contribution in [2.45, 2.75) is 64.8 Å². The second kappa shape index (κ2) is 5.30. The first-order chi connectivity index (χ1) is 8.55. The minimum Gasteiger partial charge on any atom is -0.352 e. The summed E-state index contributed by atoms with van der Waals surface area (Å²) in [7, 11) is 0. The average Bonchev–Trinajstić information content (AvgIpc) is 2.77. The molecule has 2 rings (SSSR count). The van der Waals surface area contributed by atoms with Crippen molar-refractivity contribution in [3.05, 3.63) is 0 Å². The van der Waals surface area contributed by atoms with Crippen molar-refractivity contribution >= 4 is 5.91 Å². The molecule has 0 bridgehead atoms. The molecule has 2 aliphatic rings. The lowest BCUT2D eigenvalue weighted by molar-refractivity contribution is -0.129. The first kappa shape index (κ1) is 13.4. The smallest absolute Gasteiger partial charge is 0.240 e. The van der Waals surface area contributed by atoms with Gasteiger partial charge in [-0.1, -0.05) is 26.7 Å². The number of nitriles is 1. The van der Waals surface area contributed by atoms with Gasteiger partial charge in [0.25, 0.3) is 0 Å². The highest BCUT2D eigenvalue weighted by Gasteiger charge is 2.42. The standard InChI is InChI=1S/C15H24N2O/c1-11-7-12(2)9-13(8-11)17-14(18)15(10-16)5-3-4-6-15/h11-13H,3-9H2,1-2H3,(H,17,18). The summed E-state index contributed by atoms with van der Waals surface area (Å²) in [5.41, 5.74) is -0.718. The van der Waals surface area contributed by atoms with E-state index in [2.05, 4.69) is 25.2 Å². The molecule has 0 aromatic carbocycles. The van der Waals surface area contributed by atoms with Crippen LogP contribution >= 0.6 is 0 Å².